The van der Waals surface area contributed by atoms with E-state index >= 15 is 0 Å². The minimum absolute atomic E-state index is 0.0365. The zero-order valence-corrected chi connectivity index (χ0v) is 28.2. The van der Waals surface area contributed by atoms with Crippen LogP contribution in [0.5, 0.6) is 5.88 Å². The third-order valence-electron chi connectivity index (χ3n) is 10.7. The van der Waals surface area contributed by atoms with Gasteiger partial charge < -0.3 is 25.0 Å². The quantitative estimate of drug-likeness (QED) is 0.369. The molecule has 1 aromatic heterocycles. The molecular formula is C35H43N5O8S. The molecule has 0 radical (unpaired) electrons. The molecule has 4 fully saturated rings. The smallest absolute Gasteiger partial charge is 0.407 e. The molecule has 5 aliphatic rings. The van der Waals surface area contributed by atoms with Gasteiger partial charge in [-0.25, -0.2) is 18.2 Å². The molecule has 5 atom stereocenters. The lowest BCUT2D eigenvalue weighted by atomic mass is 9.79. The number of alkyl carbamates (subject to hydrolysis) is 1. The Morgan fingerprint density at radius 2 is 1.90 bits per heavy atom. The highest BCUT2D eigenvalue weighted by Gasteiger charge is 2.62. The van der Waals surface area contributed by atoms with Crippen molar-refractivity contribution in [3.63, 3.8) is 0 Å². The number of sulfonamides is 1. The van der Waals surface area contributed by atoms with Crippen molar-refractivity contribution in [1.82, 2.24) is 25.2 Å². The molecule has 1 saturated heterocycles. The normalized spacial score (nSPS) is 29.4. The Morgan fingerprint density at radius 1 is 1.08 bits per heavy atom. The molecule has 0 unspecified atom stereocenters. The van der Waals surface area contributed by atoms with Gasteiger partial charge in [-0.15, -0.1) is 6.58 Å². The first-order valence-electron chi connectivity index (χ1n) is 17.4. The van der Waals surface area contributed by atoms with Gasteiger partial charge in [0.15, 0.2) is 0 Å². The lowest BCUT2D eigenvalue weighted by Crippen LogP contribution is -2.59. The number of amides is 4. The SMILES string of the molecule is C=C[C@H]1C[C@]1(NC(=O)[C@@H]1C[C@@H]2CN1C(=O)[C@H](C1CCC1)NC(=O)OCCCCCc1ccc3ccnc(c3c1)O2)C(=O)NS(=O)(=O)C1CC1. The lowest BCUT2D eigenvalue weighted by molar-refractivity contribution is -0.142. The van der Waals surface area contributed by atoms with E-state index in [9.17, 15) is 27.6 Å². The fraction of sp³-hybridized carbons (Fsp3) is 0.571. The highest BCUT2D eigenvalue weighted by atomic mass is 32.2. The third kappa shape index (κ3) is 6.84. The average molecular weight is 694 g/mol. The molecule has 2 aromatic rings. The second-order valence-corrected chi connectivity index (χ2v) is 16.1. The van der Waals surface area contributed by atoms with E-state index in [0.29, 0.717) is 25.1 Å². The summed E-state index contributed by atoms with van der Waals surface area (Å²) < 4.78 is 39.4. The van der Waals surface area contributed by atoms with Crippen molar-refractivity contribution < 1.29 is 37.1 Å². The van der Waals surface area contributed by atoms with Crippen LogP contribution in [0, 0.1) is 11.8 Å². The first-order valence-corrected chi connectivity index (χ1v) is 18.9. The lowest BCUT2D eigenvalue weighted by Gasteiger charge is -2.36. The van der Waals surface area contributed by atoms with Crippen molar-refractivity contribution in [2.75, 3.05) is 13.2 Å². The Labute approximate surface area is 285 Å². The summed E-state index contributed by atoms with van der Waals surface area (Å²) in [6.45, 7) is 4.03. The summed E-state index contributed by atoms with van der Waals surface area (Å²) in [5.41, 5.74) is -0.397. The van der Waals surface area contributed by atoms with Crippen molar-refractivity contribution in [3.8, 4) is 5.88 Å². The molecule has 2 aliphatic heterocycles. The minimum Gasteiger partial charge on any atom is -0.472 e. The molecule has 4 bridgehead atoms. The Balaban J connectivity index is 1.19. The summed E-state index contributed by atoms with van der Waals surface area (Å²) in [7, 11) is -3.87. The summed E-state index contributed by atoms with van der Waals surface area (Å²) in [6.07, 6.45) is 8.76. The van der Waals surface area contributed by atoms with E-state index in [-0.39, 0.29) is 31.9 Å². The van der Waals surface area contributed by atoms with Crippen LogP contribution in [0.3, 0.4) is 0 Å². The molecule has 3 heterocycles. The van der Waals surface area contributed by atoms with Gasteiger partial charge in [-0.05, 0) is 86.8 Å². The number of fused-ring (bicyclic) bond motifs is 3. The number of cyclic esters (lactones) is 1. The van der Waals surface area contributed by atoms with Crippen molar-refractivity contribution in [2.45, 2.75) is 99.6 Å². The Morgan fingerprint density at radius 3 is 2.61 bits per heavy atom. The molecule has 7 rings (SSSR count). The molecule has 0 spiro atoms. The second-order valence-electron chi connectivity index (χ2n) is 14.1. The highest BCUT2D eigenvalue weighted by Crippen LogP contribution is 2.45. The molecule has 49 heavy (non-hydrogen) atoms. The third-order valence-corrected chi connectivity index (χ3v) is 12.5. The van der Waals surface area contributed by atoms with Crippen LogP contribution < -0.4 is 20.1 Å². The van der Waals surface area contributed by atoms with Crippen LogP contribution in [0.15, 0.2) is 43.1 Å². The number of carbonyl (C=O) groups is 4. The van der Waals surface area contributed by atoms with E-state index < -0.39 is 68.7 Å². The molecule has 3 N–H and O–H groups in total. The fourth-order valence-corrected chi connectivity index (χ4v) is 8.63. The zero-order valence-electron chi connectivity index (χ0n) is 27.4. The molecular weight excluding hydrogens is 650 g/mol. The molecule has 1 aromatic carbocycles. The van der Waals surface area contributed by atoms with E-state index in [1.807, 2.05) is 12.1 Å². The first kappa shape index (κ1) is 33.3. The maximum atomic E-state index is 14.4. The van der Waals surface area contributed by atoms with Crippen molar-refractivity contribution >= 4 is 44.6 Å². The highest BCUT2D eigenvalue weighted by molar-refractivity contribution is 7.91. The number of nitrogens with one attached hydrogen (secondary N) is 3. The number of hydrogen-bond acceptors (Lipinski definition) is 9. The number of aromatic nitrogens is 1. The number of nitrogens with zero attached hydrogens (tertiary/aromatic N) is 2. The number of benzene rings is 1. The maximum absolute atomic E-state index is 14.4. The Hall–Kier alpha value is -4.20. The van der Waals surface area contributed by atoms with Gasteiger partial charge in [-0.2, -0.15) is 0 Å². The number of rotatable bonds is 7. The van der Waals surface area contributed by atoms with Crippen molar-refractivity contribution in [3.05, 3.63) is 48.7 Å². The van der Waals surface area contributed by atoms with Crippen LogP contribution in [-0.2, 0) is 35.6 Å². The van der Waals surface area contributed by atoms with Gasteiger partial charge in [-0.1, -0.05) is 24.6 Å². The van der Waals surface area contributed by atoms with E-state index in [4.69, 9.17) is 9.47 Å². The number of hydrogen-bond donors (Lipinski definition) is 3. The number of aryl methyl sites for hydroxylation is 1. The van der Waals surface area contributed by atoms with Crippen LogP contribution in [-0.4, -0.2) is 84.2 Å². The van der Waals surface area contributed by atoms with E-state index in [1.165, 1.54) is 11.0 Å². The number of pyridine rings is 1. The summed E-state index contributed by atoms with van der Waals surface area (Å²) in [6, 6.07) is 6.08. The van der Waals surface area contributed by atoms with E-state index in [2.05, 4.69) is 39.1 Å². The van der Waals surface area contributed by atoms with E-state index in [0.717, 1.165) is 54.9 Å². The fourth-order valence-electron chi connectivity index (χ4n) is 7.26. The average Bonchev–Trinajstić information content (AvgIpc) is 3.98. The standard InChI is InChI=1S/C35H43N5O8S/c1-2-24-19-35(24,33(43)39-49(45,46)26-12-13-26)38-30(41)28-18-25-20-40(28)32(42)29(23-8-6-9-23)37-34(44)47-16-5-3-4-7-21-10-11-22-14-15-36-31(48-25)27(22)17-21/h2,10-11,14-15,17,23-26,28-29H,1,3-9,12-13,16,18-20H2,(H,37,44)(H,38,41)(H,39,43)/t24-,25+,28-,29-,35+/m0/s1. The van der Waals surface area contributed by atoms with Gasteiger partial charge >= 0.3 is 6.09 Å². The van der Waals surface area contributed by atoms with Gasteiger partial charge in [0.2, 0.25) is 27.7 Å². The van der Waals surface area contributed by atoms with Gasteiger partial charge in [0.25, 0.3) is 5.91 Å². The van der Waals surface area contributed by atoms with Crippen LogP contribution in [0.2, 0.25) is 0 Å². The summed E-state index contributed by atoms with van der Waals surface area (Å²) in [4.78, 5) is 60.8. The Kier molecular flexibility index (Phi) is 9.01. The van der Waals surface area contributed by atoms with Gasteiger partial charge in [-0.3, -0.25) is 19.1 Å². The molecule has 4 amide bonds. The second kappa shape index (κ2) is 13.3. The molecule has 3 aliphatic carbocycles. The van der Waals surface area contributed by atoms with Gasteiger partial charge in [0, 0.05) is 23.9 Å². The topological polar surface area (TPSA) is 173 Å². The monoisotopic (exact) mass is 693 g/mol. The summed E-state index contributed by atoms with van der Waals surface area (Å²) in [5, 5.41) is 6.76. The largest absolute Gasteiger partial charge is 0.472 e. The predicted octanol–water partition coefficient (Wildman–Crippen LogP) is 2.87. The number of ether oxygens (including phenoxy) is 2. The molecule has 262 valence electrons. The maximum Gasteiger partial charge on any atom is 0.407 e. The summed E-state index contributed by atoms with van der Waals surface area (Å²) in [5.74, 6) is -2.08. The Bertz CT molecular complexity index is 1780. The molecule has 3 saturated carbocycles. The number of carbonyl (C=O) groups excluding carboxylic acids is 4. The van der Waals surface area contributed by atoms with E-state index in [1.54, 1.807) is 6.20 Å². The molecule has 14 heteroatoms. The van der Waals surface area contributed by atoms with Gasteiger partial charge in [0.05, 0.1) is 18.4 Å². The van der Waals surface area contributed by atoms with Crippen LogP contribution >= 0.6 is 0 Å². The molecule has 13 nitrogen and oxygen atoms in total. The first-order chi connectivity index (χ1) is 23.6. The van der Waals surface area contributed by atoms with Gasteiger partial charge in [0.1, 0.15) is 23.7 Å². The predicted molar refractivity (Wildman–Crippen MR) is 179 cm³/mol. The minimum atomic E-state index is -3.87. The zero-order chi connectivity index (χ0) is 34.3. The van der Waals surface area contributed by atoms with Crippen LogP contribution in [0.1, 0.15) is 69.8 Å². The van der Waals surface area contributed by atoms with Crippen molar-refractivity contribution in [1.29, 1.82) is 0 Å². The van der Waals surface area contributed by atoms with Crippen molar-refractivity contribution in [2.24, 2.45) is 11.8 Å². The summed E-state index contributed by atoms with van der Waals surface area (Å²) >= 11 is 0. The van der Waals surface area contributed by atoms with Crippen LogP contribution in [0.25, 0.3) is 10.8 Å². The van der Waals surface area contributed by atoms with Crippen LogP contribution in [0.4, 0.5) is 4.79 Å².